The van der Waals surface area contributed by atoms with Gasteiger partial charge in [0.15, 0.2) is 11.6 Å². The minimum atomic E-state index is -5.06. The summed E-state index contributed by atoms with van der Waals surface area (Å²) in [6.45, 7) is 7.10. The second-order valence-electron chi connectivity index (χ2n) is 15.7. The lowest BCUT2D eigenvalue weighted by Gasteiger charge is -2.30. The summed E-state index contributed by atoms with van der Waals surface area (Å²) in [5.41, 5.74) is 9.22. The van der Waals surface area contributed by atoms with Gasteiger partial charge in [0, 0.05) is 88.7 Å². The van der Waals surface area contributed by atoms with Gasteiger partial charge in [-0.2, -0.15) is 13.2 Å². The van der Waals surface area contributed by atoms with Crippen molar-refractivity contribution in [2.24, 2.45) is 5.73 Å². The van der Waals surface area contributed by atoms with Crippen molar-refractivity contribution in [1.29, 1.82) is 0 Å². The van der Waals surface area contributed by atoms with Crippen molar-refractivity contribution in [2.45, 2.75) is 46.0 Å². The first kappa shape index (κ1) is 49.9. The molecule has 7 amide bonds. The number of Topliss-reactive ketones (excluding diaryl/α,β-unsaturated/α-hetero) is 2. The van der Waals surface area contributed by atoms with E-state index in [1.165, 1.54) is 19.1 Å². The molecule has 15 nitrogen and oxygen atoms in total. The summed E-state index contributed by atoms with van der Waals surface area (Å²) in [5.74, 6) is -2.95. The van der Waals surface area contributed by atoms with Crippen molar-refractivity contribution in [3.05, 3.63) is 131 Å². The van der Waals surface area contributed by atoms with E-state index >= 15 is 0 Å². The number of hydrogen-bond acceptors (Lipinski definition) is 8. The number of urea groups is 2. The molecule has 0 aliphatic carbocycles. The van der Waals surface area contributed by atoms with Crippen LogP contribution in [0.5, 0.6) is 0 Å². The third-order valence-corrected chi connectivity index (χ3v) is 11.1. The largest absolute Gasteiger partial charge is 0.471 e. The summed E-state index contributed by atoms with van der Waals surface area (Å²) in [7, 11) is 0. The maximum atomic E-state index is 13.5. The van der Waals surface area contributed by atoms with Crippen LogP contribution in [0.3, 0.4) is 0 Å². The van der Waals surface area contributed by atoms with Crippen LogP contribution in [0, 0.1) is 0 Å². The summed E-state index contributed by atoms with van der Waals surface area (Å²) < 4.78 is 37.0. The minimum Gasteiger partial charge on any atom is -0.341 e. The Morgan fingerprint density at radius 3 is 1.26 bits per heavy atom. The van der Waals surface area contributed by atoms with Crippen LogP contribution >= 0.6 is 0 Å². The quantitative estimate of drug-likeness (QED) is 0.179. The van der Waals surface area contributed by atoms with Gasteiger partial charge in [0.25, 0.3) is 0 Å². The van der Waals surface area contributed by atoms with Crippen molar-refractivity contribution in [3.8, 4) is 0 Å². The normalized spacial score (nSPS) is 14.2. The van der Waals surface area contributed by atoms with E-state index in [-0.39, 0.29) is 48.3 Å². The molecule has 0 atom stereocenters. The van der Waals surface area contributed by atoms with Gasteiger partial charge in [0.2, 0.25) is 11.8 Å². The molecule has 0 saturated carbocycles. The summed E-state index contributed by atoms with van der Waals surface area (Å²) in [4.78, 5) is 95.6. The Kier molecular flexibility index (Phi) is 18.0. The fraction of sp³-hybridized carbons (Fsp3) is 0.354. The van der Waals surface area contributed by atoms with Crippen molar-refractivity contribution >= 4 is 52.7 Å². The van der Waals surface area contributed by atoms with Gasteiger partial charge < -0.3 is 30.7 Å². The molecular formula is C48H55F3N8O7. The topological polar surface area (TPSA) is 177 Å². The smallest absolute Gasteiger partial charge is 0.341 e. The highest BCUT2D eigenvalue weighted by atomic mass is 19.4. The molecule has 66 heavy (non-hydrogen) atoms. The molecule has 4 aromatic carbocycles. The fourth-order valence-electron chi connectivity index (χ4n) is 7.38. The number of halogens is 3. The van der Waals surface area contributed by atoms with Crippen LogP contribution in [-0.2, 0) is 27.5 Å². The van der Waals surface area contributed by atoms with Gasteiger partial charge in [-0.1, -0.05) is 84.9 Å². The lowest BCUT2D eigenvalue weighted by atomic mass is 10.1. The van der Waals surface area contributed by atoms with E-state index in [1.54, 1.807) is 73.1 Å². The molecule has 18 heteroatoms. The van der Waals surface area contributed by atoms with E-state index in [2.05, 4.69) is 0 Å². The summed E-state index contributed by atoms with van der Waals surface area (Å²) in [6.07, 6.45) is -3.64. The molecule has 350 valence electrons. The Bertz CT molecular complexity index is 2300. The number of carbonyl (C=O) groups excluding carboxylic acids is 7. The summed E-state index contributed by atoms with van der Waals surface area (Å²) in [5, 5.41) is 1.56. The molecule has 0 aromatic heterocycles. The van der Waals surface area contributed by atoms with Gasteiger partial charge in [0.05, 0.1) is 26.2 Å². The molecule has 0 radical (unpaired) electrons. The van der Waals surface area contributed by atoms with Gasteiger partial charge in [-0.15, -0.1) is 0 Å². The molecule has 6 rings (SSSR count). The highest BCUT2D eigenvalue weighted by Gasteiger charge is 2.38. The Morgan fingerprint density at radius 2 is 0.894 bits per heavy atom. The average molecular weight is 913 g/mol. The number of ketones is 2. The zero-order valence-electron chi connectivity index (χ0n) is 37.0. The van der Waals surface area contributed by atoms with Crippen molar-refractivity contribution in [3.63, 3.8) is 0 Å². The second kappa shape index (κ2) is 23.7. The highest BCUT2D eigenvalue weighted by Crippen LogP contribution is 2.23. The Labute approximate surface area is 381 Å². The molecule has 0 unspecified atom stereocenters. The van der Waals surface area contributed by atoms with E-state index in [1.807, 2.05) is 65.6 Å². The SMILES string of the molecule is CC(=O)N1CCCN(C(=O)N(Cc2ccc(C(=O)CN)cc2)c2ccccc2)CC1.CC(=O)N1CCCN(C(=O)N(Cc2ccc(C(=O)CNC(=O)C(F)(F)F)cc2)c2ccccc2)CC1. The molecule has 0 bridgehead atoms. The zero-order chi connectivity index (χ0) is 47.8. The number of hydrogen-bond donors (Lipinski definition) is 2. The molecule has 4 aromatic rings. The van der Waals surface area contributed by atoms with E-state index < -0.39 is 24.4 Å². The van der Waals surface area contributed by atoms with Crippen LogP contribution < -0.4 is 20.9 Å². The number of nitrogens with two attached hydrogens (primary N) is 1. The van der Waals surface area contributed by atoms with Crippen LogP contribution in [0.1, 0.15) is 58.5 Å². The molecule has 2 saturated heterocycles. The number of amides is 7. The monoisotopic (exact) mass is 912 g/mol. The number of benzene rings is 4. The van der Waals surface area contributed by atoms with E-state index in [0.29, 0.717) is 82.1 Å². The molecular weight excluding hydrogens is 858 g/mol. The van der Waals surface area contributed by atoms with Crippen molar-refractivity contribution < 1.29 is 46.7 Å². The van der Waals surface area contributed by atoms with Crippen LogP contribution in [0.25, 0.3) is 0 Å². The van der Waals surface area contributed by atoms with Gasteiger partial charge in [-0.05, 0) is 48.2 Å². The van der Waals surface area contributed by atoms with Crippen molar-refractivity contribution in [2.75, 3.05) is 75.2 Å². The number of nitrogens with one attached hydrogen (secondary N) is 1. The maximum Gasteiger partial charge on any atom is 0.471 e. The zero-order valence-corrected chi connectivity index (χ0v) is 37.0. The Balaban J connectivity index is 0.000000251. The first-order chi connectivity index (χ1) is 31.5. The molecule has 2 aliphatic heterocycles. The second-order valence-corrected chi connectivity index (χ2v) is 15.7. The van der Waals surface area contributed by atoms with E-state index in [0.717, 1.165) is 17.7 Å². The van der Waals surface area contributed by atoms with Crippen LogP contribution in [0.4, 0.5) is 34.1 Å². The van der Waals surface area contributed by atoms with Gasteiger partial charge in [-0.3, -0.25) is 33.8 Å². The number of rotatable bonds is 11. The highest BCUT2D eigenvalue weighted by molar-refractivity contribution is 6.00. The number of alkyl halides is 3. The first-order valence-electron chi connectivity index (χ1n) is 21.6. The lowest BCUT2D eigenvalue weighted by molar-refractivity contribution is -0.173. The average Bonchev–Trinajstić information content (AvgIpc) is 3.74. The number of carbonyl (C=O) groups is 7. The molecule has 2 heterocycles. The minimum absolute atomic E-state index is 0.0276. The summed E-state index contributed by atoms with van der Waals surface area (Å²) in [6, 6.07) is 31.6. The number of anilines is 2. The summed E-state index contributed by atoms with van der Waals surface area (Å²) >= 11 is 0. The van der Waals surface area contributed by atoms with Crippen molar-refractivity contribution in [1.82, 2.24) is 24.9 Å². The Hall–Kier alpha value is -7.08. The number of nitrogens with zero attached hydrogens (tertiary/aromatic N) is 6. The molecule has 2 fully saturated rings. The first-order valence-corrected chi connectivity index (χ1v) is 21.6. The lowest BCUT2D eigenvalue weighted by Crippen LogP contribution is -2.45. The van der Waals surface area contributed by atoms with E-state index in [4.69, 9.17) is 5.73 Å². The fourth-order valence-corrected chi connectivity index (χ4v) is 7.38. The maximum absolute atomic E-state index is 13.5. The molecule has 3 N–H and O–H groups in total. The van der Waals surface area contributed by atoms with Crippen LogP contribution in [0.2, 0.25) is 0 Å². The predicted molar refractivity (Wildman–Crippen MR) is 243 cm³/mol. The van der Waals surface area contributed by atoms with Crippen LogP contribution in [-0.4, -0.2) is 133 Å². The molecule has 0 spiro atoms. The van der Waals surface area contributed by atoms with Gasteiger partial charge in [-0.25, -0.2) is 9.59 Å². The molecule has 2 aliphatic rings. The third kappa shape index (κ3) is 14.2. The standard InChI is InChI=1S/C25H27F3N4O4.C23H28N4O3/c1-18(33)30-12-5-13-31(15-14-30)24(36)32(21-6-3-2-4-7-21)17-19-8-10-20(11-9-19)22(34)16-29-23(35)25(26,27)28;1-18(28)25-12-5-13-26(15-14-25)23(30)27(21-6-3-2-4-7-21)17-19-8-10-20(11-9-19)22(29)16-24/h2-4,6-11H,5,12-17H2,1H3,(H,29,35);2-4,6-11H,5,12-17,24H2,1H3. The third-order valence-electron chi connectivity index (χ3n) is 11.1. The van der Waals surface area contributed by atoms with Gasteiger partial charge >= 0.3 is 24.1 Å². The predicted octanol–water partition coefficient (Wildman–Crippen LogP) is 5.74. The van der Waals surface area contributed by atoms with E-state index in [9.17, 15) is 46.7 Å². The number of para-hydroxylation sites is 2. The van der Waals surface area contributed by atoms with Gasteiger partial charge in [0.1, 0.15) is 0 Å². The Morgan fingerprint density at radius 1 is 0.530 bits per heavy atom. The van der Waals surface area contributed by atoms with Crippen LogP contribution in [0.15, 0.2) is 109 Å².